The van der Waals surface area contributed by atoms with Crippen LogP contribution >= 0.6 is 12.2 Å². The van der Waals surface area contributed by atoms with E-state index in [1.807, 2.05) is 42.7 Å². The number of rotatable bonds is 3. The monoisotopic (exact) mass is 351 g/mol. The maximum atomic E-state index is 12.1. The Morgan fingerprint density at radius 2 is 1.88 bits per heavy atom. The normalized spacial score (nSPS) is 14.2. The standard InChI is InChI=1S/C18H17N5OS/c24-17-14-11-23(7-6-15(14)21-18(25)22-17)10-12-8-19-16(20-9-12)13-4-2-1-3-5-13/h1-5,8-9H,6-7,10-11H2,(H2,21,22,24,25). The first-order valence-electron chi connectivity index (χ1n) is 8.12. The van der Waals surface area contributed by atoms with Crippen LogP contribution in [0.4, 0.5) is 0 Å². The average Bonchev–Trinajstić information content (AvgIpc) is 2.63. The minimum atomic E-state index is -0.0980. The molecule has 3 heterocycles. The number of nitrogens with zero attached hydrogens (tertiary/aromatic N) is 3. The Morgan fingerprint density at radius 1 is 1.12 bits per heavy atom. The van der Waals surface area contributed by atoms with Gasteiger partial charge in [-0.05, 0) is 12.2 Å². The molecule has 0 amide bonds. The first-order valence-corrected chi connectivity index (χ1v) is 8.53. The number of aromatic amines is 2. The summed E-state index contributed by atoms with van der Waals surface area (Å²) in [5.74, 6) is 0.720. The molecule has 126 valence electrons. The lowest BCUT2D eigenvalue weighted by molar-refractivity contribution is 0.241. The second kappa shape index (κ2) is 6.70. The van der Waals surface area contributed by atoms with Gasteiger partial charge in [0, 0.05) is 55.3 Å². The summed E-state index contributed by atoms with van der Waals surface area (Å²) in [6.07, 6.45) is 4.49. The van der Waals surface area contributed by atoms with Gasteiger partial charge in [-0.2, -0.15) is 0 Å². The Morgan fingerprint density at radius 3 is 2.64 bits per heavy atom. The second-order valence-corrected chi connectivity index (χ2v) is 6.52. The van der Waals surface area contributed by atoms with Crippen molar-refractivity contribution in [3.63, 3.8) is 0 Å². The molecule has 1 aliphatic rings. The summed E-state index contributed by atoms with van der Waals surface area (Å²) in [5.41, 5.74) is 3.65. The quantitative estimate of drug-likeness (QED) is 0.709. The van der Waals surface area contributed by atoms with Gasteiger partial charge in [0.15, 0.2) is 10.6 Å². The molecule has 0 bridgehead atoms. The summed E-state index contributed by atoms with van der Waals surface area (Å²) in [5, 5.41) is 0. The highest BCUT2D eigenvalue weighted by molar-refractivity contribution is 7.71. The van der Waals surface area contributed by atoms with E-state index < -0.39 is 0 Å². The largest absolute Gasteiger partial charge is 0.335 e. The zero-order valence-corrected chi connectivity index (χ0v) is 14.3. The van der Waals surface area contributed by atoms with Crippen LogP contribution in [-0.4, -0.2) is 31.4 Å². The average molecular weight is 351 g/mol. The molecule has 4 rings (SSSR count). The molecule has 0 fully saturated rings. The van der Waals surface area contributed by atoms with Gasteiger partial charge in [-0.1, -0.05) is 30.3 Å². The Balaban J connectivity index is 1.50. The molecule has 0 radical (unpaired) electrons. The van der Waals surface area contributed by atoms with E-state index >= 15 is 0 Å². The molecule has 25 heavy (non-hydrogen) atoms. The lowest BCUT2D eigenvalue weighted by atomic mass is 10.1. The van der Waals surface area contributed by atoms with E-state index in [0.717, 1.165) is 41.2 Å². The van der Waals surface area contributed by atoms with Crippen LogP contribution in [0.2, 0.25) is 0 Å². The van der Waals surface area contributed by atoms with Crippen LogP contribution in [0.5, 0.6) is 0 Å². The molecule has 2 N–H and O–H groups in total. The van der Waals surface area contributed by atoms with Crippen molar-refractivity contribution < 1.29 is 0 Å². The van der Waals surface area contributed by atoms with Crippen LogP contribution in [0.3, 0.4) is 0 Å². The van der Waals surface area contributed by atoms with Gasteiger partial charge in [-0.15, -0.1) is 0 Å². The highest BCUT2D eigenvalue weighted by Crippen LogP contribution is 2.17. The first-order chi connectivity index (χ1) is 12.2. The topological polar surface area (TPSA) is 77.7 Å². The van der Waals surface area contributed by atoms with Gasteiger partial charge in [0.2, 0.25) is 0 Å². The molecule has 0 spiro atoms. The Bertz CT molecular complexity index is 994. The molecule has 0 atom stereocenters. The molecule has 0 saturated heterocycles. The summed E-state index contributed by atoms with van der Waals surface area (Å²) >= 11 is 5.03. The van der Waals surface area contributed by atoms with Crippen LogP contribution < -0.4 is 5.56 Å². The lowest BCUT2D eigenvalue weighted by Gasteiger charge is -2.27. The number of aromatic nitrogens is 4. The SMILES string of the molecule is O=c1[nH]c(=S)[nH]c2c1CN(Cc1cnc(-c3ccccc3)nc1)CC2. The van der Waals surface area contributed by atoms with Crippen molar-refractivity contribution in [3.05, 3.63) is 74.7 Å². The molecule has 1 aromatic carbocycles. The minimum absolute atomic E-state index is 0.0980. The van der Waals surface area contributed by atoms with Gasteiger partial charge >= 0.3 is 0 Å². The summed E-state index contributed by atoms with van der Waals surface area (Å²) in [6.45, 7) is 2.17. The summed E-state index contributed by atoms with van der Waals surface area (Å²) < 4.78 is 0.391. The van der Waals surface area contributed by atoms with E-state index in [4.69, 9.17) is 12.2 Å². The first kappa shape index (κ1) is 15.9. The summed E-state index contributed by atoms with van der Waals surface area (Å²) in [4.78, 5) is 29.0. The third-order valence-electron chi connectivity index (χ3n) is 4.33. The fourth-order valence-electron chi connectivity index (χ4n) is 3.08. The smallest absolute Gasteiger partial charge is 0.256 e. The van der Waals surface area contributed by atoms with Crippen molar-refractivity contribution in [1.82, 2.24) is 24.8 Å². The maximum Gasteiger partial charge on any atom is 0.256 e. The minimum Gasteiger partial charge on any atom is -0.335 e. The van der Waals surface area contributed by atoms with Gasteiger partial charge in [0.05, 0.1) is 5.56 Å². The number of H-pyrrole nitrogens is 2. The van der Waals surface area contributed by atoms with Crippen molar-refractivity contribution >= 4 is 12.2 Å². The van der Waals surface area contributed by atoms with Crippen LogP contribution in [0.1, 0.15) is 16.8 Å². The maximum absolute atomic E-state index is 12.1. The van der Waals surface area contributed by atoms with Crippen molar-refractivity contribution in [2.45, 2.75) is 19.5 Å². The fourth-order valence-corrected chi connectivity index (χ4v) is 3.29. The molecule has 0 aliphatic carbocycles. The van der Waals surface area contributed by atoms with Crippen molar-refractivity contribution in [2.75, 3.05) is 6.54 Å². The molecular weight excluding hydrogens is 334 g/mol. The van der Waals surface area contributed by atoms with E-state index in [9.17, 15) is 4.79 Å². The van der Waals surface area contributed by atoms with Gasteiger partial charge < -0.3 is 4.98 Å². The van der Waals surface area contributed by atoms with E-state index in [-0.39, 0.29) is 5.56 Å². The summed E-state index contributed by atoms with van der Waals surface area (Å²) in [6, 6.07) is 9.90. The zero-order valence-electron chi connectivity index (χ0n) is 13.5. The van der Waals surface area contributed by atoms with E-state index in [1.54, 1.807) is 0 Å². The molecule has 0 saturated carbocycles. The molecule has 0 unspecified atom stereocenters. The predicted octanol–water partition coefficient (Wildman–Crippen LogP) is 2.45. The molecule has 7 heteroatoms. The van der Waals surface area contributed by atoms with Crippen LogP contribution in [0.25, 0.3) is 11.4 Å². The molecule has 6 nitrogen and oxygen atoms in total. The van der Waals surface area contributed by atoms with Crippen molar-refractivity contribution in [2.24, 2.45) is 0 Å². The zero-order chi connectivity index (χ0) is 17.2. The summed E-state index contributed by atoms with van der Waals surface area (Å²) in [7, 11) is 0. The number of fused-ring (bicyclic) bond motifs is 1. The number of nitrogens with one attached hydrogen (secondary N) is 2. The predicted molar refractivity (Wildman–Crippen MR) is 97.5 cm³/mol. The van der Waals surface area contributed by atoms with Crippen molar-refractivity contribution in [3.8, 4) is 11.4 Å². The van der Waals surface area contributed by atoms with Gasteiger partial charge in [-0.25, -0.2) is 9.97 Å². The van der Waals surface area contributed by atoms with Crippen molar-refractivity contribution in [1.29, 1.82) is 0 Å². The van der Waals surface area contributed by atoms with E-state index in [2.05, 4.69) is 24.8 Å². The Kier molecular flexibility index (Phi) is 4.25. The lowest BCUT2D eigenvalue weighted by Crippen LogP contribution is -2.35. The highest BCUT2D eigenvalue weighted by Gasteiger charge is 2.19. The molecule has 1 aliphatic heterocycles. The Hall–Kier alpha value is -2.64. The van der Waals surface area contributed by atoms with Crippen LogP contribution in [0.15, 0.2) is 47.5 Å². The van der Waals surface area contributed by atoms with Crippen LogP contribution in [-0.2, 0) is 19.5 Å². The number of benzene rings is 1. The van der Waals surface area contributed by atoms with E-state index in [0.29, 0.717) is 17.9 Å². The molecule has 2 aromatic heterocycles. The van der Waals surface area contributed by atoms with Crippen LogP contribution in [0, 0.1) is 4.77 Å². The Labute approximate surface area is 149 Å². The highest BCUT2D eigenvalue weighted by atomic mass is 32.1. The molecular formula is C18H17N5OS. The molecule has 3 aromatic rings. The fraction of sp³-hybridized carbons (Fsp3) is 0.222. The van der Waals surface area contributed by atoms with Gasteiger partial charge in [-0.3, -0.25) is 14.7 Å². The number of hydrogen-bond acceptors (Lipinski definition) is 5. The second-order valence-electron chi connectivity index (χ2n) is 6.11. The number of hydrogen-bond donors (Lipinski definition) is 2. The third-order valence-corrected chi connectivity index (χ3v) is 4.54. The van der Waals surface area contributed by atoms with Gasteiger partial charge in [0.25, 0.3) is 5.56 Å². The van der Waals surface area contributed by atoms with E-state index in [1.165, 1.54) is 0 Å². The third kappa shape index (κ3) is 3.42. The van der Waals surface area contributed by atoms with Gasteiger partial charge in [0.1, 0.15) is 0 Å².